The number of carbonyl (C=O) groups excluding carboxylic acids is 1. The molecular formula is C21H23F2N5O2. The van der Waals surface area contributed by atoms with Crippen LogP contribution in [0.5, 0.6) is 0 Å². The van der Waals surface area contributed by atoms with Crippen molar-refractivity contribution in [2.45, 2.75) is 40.2 Å². The van der Waals surface area contributed by atoms with Crippen LogP contribution in [0.25, 0.3) is 22.2 Å². The minimum absolute atomic E-state index is 0.0112. The van der Waals surface area contributed by atoms with Gasteiger partial charge in [0.2, 0.25) is 5.91 Å². The maximum Gasteiger partial charge on any atom is 0.303 e. The van der Waals surface area contributed by atoms with E-state index in [-0.39, 0.29) is 11.3 Å². The van der Waals surface area contributed by atoms with Crippen LogP contribution in [0.2, 0.25) is 0 Å². The topological polar surface area (TPSA) is 81.9 Å². The van der Waals surface area contributed by atoms with Crippen molar-refractivity contribution in [1.29, 1.82) is 0 Å². The number of aromatic nitrogens is 4. The SMILES string of the molecule is CC(=O)Nc1cc2c(-c3cc(C)nc(C(C)(F)F)n3)cn(CC3(C)COC3)c2cn1. The number of fused-ring (bicyclic) bond motifs is 1. The molecule has 0 aliphatic carbocycles. The number of hydrogen-bond acceptors (Lipinski definition) is 5. The van der Waals surface area contributed by atoms with Crippen LogP contribution in [0, 0.1) is 12.3 Å². The van der Waals surface area contributed by atoms with Gasteiger partial charge in [0.1, 0.15) is 5.82 Å². The van der Waals surface area contributed by atoms with Crippen LogP contribution < -0.4 is 5.32 Å². The largest absolute Gasteiger partial charge is 0.380 e. The van der Waals surface area contributed by atoms with Gasteiger partial charge in [0.15, 0.2) is 5.82 Å². The third-order valence-electron chi connectivity index (χ3n) is 5.05. The van der Waals surface area contributed by atoms with Crippen LogP contribution in [0.3, 0.4) is 0 Å². The van der Waals surface area contributed by atoms with Crippen molar-refractivity contribution < 1.29 is 18.3 Å². The summed E-state index contributed by atoms with van der Waals surface area (Å²) < 4.78 is 35.3. The third kappa shape index (κ3) is 3.89. The molecule has 0 bridgehead atoms. The van der Waals surface area contributed by atoms with Crippen LogP contribution in [-0.2, 0) is 22.0 Å². The van der Waals surface area contributed by atoms with Gasteiger partial charge in [0.25, 0.3) is 0 Å². The van der Waals surface area contributed by atoms with Crippen LogP contribution in [0.15, 0.2) is 24.5 Å². The molecule has 30 heavy (non-hydrogen) atoms. The number of aryl methyl sites for hydroxylation is 1. The molecule has 0 aromatic carbocycles. The quantitative estimate of drug-likeness (QED) is 0.683. The average Bonchev–Trinajstić information content (AvgIpc) is 2.96. The van der Waals surface area contributed by atoms with Crippen molar-refractivity contribution in [3.05, 3.63) is 36.0 Å². The molecule has 0 radical (unpaired) electrons. The van der Waals surface area contributed by atoms with E-state index in [1.54, 1.807) is 25.3 Å². The molecule has 1 aliphatic rings. The van der Waals surface area contributed by atoms with Crippen LogP contribution in [0.4, 0.5) is 14.6 Å². The van der Waals surface area contributed by atoms with Crippen molar-refractivity contribution >= 4 is 22.6 Å². The Kier molecular flexibility index (Phi) is 4.80. The smallest absolute Gasteiger partial charge is 0.303 e. The molecule has 1 saturated heterocycles. The van der Waals surface area contributed by atoms with Crippen LogP contribution >= 0.6 is 0 Å². The number of pyridine rings is 1. The fraction of sp³-hybridized carbons (Fsp3) is 0.429. The highest BCUT2D eigenvalue weighted by atomic mass is 19.3. The van der Waals surface area contributed by atoms with E-state index in [0.29, 0.717) is 42.5 Å². The summed E-state index contributed by atoms with van der Waals surface area (Å²) in [6, 6.07) is 3.42. The molecule has 9 heteroatoms. The molecule has 4 heterocycles. The maximum atomic E-state index is 13.9. The monoisotopic (exact) mass is 415 g/mol. The Balaban J connectivity index is 1.89. The number of hydrogen-bond donors (Lipinski definition) is 1. The predicted octanol–water partition coefficient (Wildman–Crippen LogP) is 3.91. The zero-order valence-corrected chi connectivity index (χ0v) is 17.3. The first-order valence-electron chi connectivity index (χ1n) is 9.63. The van der Waals surface area contributed by atoms with Gasteiger partial charge in [0, 0.05) is 48.6 Å². The zero-order valence-electron chi connectivity index (χ0n) is 17.3. The summed E-state index contributed by atoms with van der Waals surface area (Å²) in [5.74, 6) is -3.53. The van der Waals surface area contributed by atoms with Gasteiger partial charge in [-0.2, -0.15) is 8.78 Å². The fourth-order valence-electron chi connectivity index (χ4n) is 3.63. The second-order valence-electron chi connectivity index (χ2n) is 8.35. The number of anilines is 1. The Morgan fingerprint density at radius 1 is 1.33 bits per heavy atom. The van der Waals surface area contributed by atoms with Gasteiger partial charge < -0.3 is 14.6 Å². The van der Waals surface area contributed by atoms with E-state index in [9.17, 15) is 13.6 Å². The minimum atomic E-state index is -3.15. The number of carbonyl (C=O) groups is 1. The summed E-state index contributed by atoms with van der Waals surface area (Å²) in [5.41, 5.74) is 2.35. The molecule has 7 nitrogen and oxygen atoms in total. The lowest BCUT2D eigenvalue weighted by atomic mass is 9.88. The molecule has 3 aromatic rings. The Bertz CT molecular complexity index is 1130. The highest BCUT2D eigenvalue weighted by Gasteiger charge is 2.34. The molecule has 158 valence electrons. The van der Waals surface area contributed by atoms with Gasteiger partial charge in [-0.3, -0.25) is 4.79 Å². The molecule has 0 atom stereocenters. The maximum absolute atomic E-state index is 13.9. The first-order valence-corrected chi connectivity index (χ1v) is 9.63. The number of amides is 1. The Morgan fingerprint density at radius 3 is 2.67 bits per heavy atom. The van der Waals surface area contributed by atoms with E-state index in [1.165, 1.54) is 6.92 Å². The van der Waals surface area contributed by atoms with Gasteiger partial charge in [-0.05, 0) is 19.1 Å². The first-order chi connectivity index (χ1) is 14.0. The lowest BCUT2D eigenvalue weighted by molar-refractivity contribution is -0.114. The molecule has 0 unspecified atom stereocenters. The number of rotatable bonds is 5. The van der Waals surface area contributed by atoms with Crippen molar-refractivity contribution in [3.8, 4) is 11.3 Å². The molecule has 1 fully saturated rings. The summed E-state index contributed by atoms with van der Waals surface area (Å²) >= 11 is 0. The van der Waals surface area contributed by atoms with Crippen molar-refractivity contribution in [1.82, 2.24) is 19.5 Å². The third-order valence-corrected chi connectivity index (χ3v) is 5.05. The number of nitrogens with zero attached hydrogens (tertiary/aromatic N) is 4. The number of alkyl halides is 2. The highest BCUT2D eigenvalue weighted by molar-refractivity contribution is 5.98. The first kappa shape index (κ1) is 20.3. The second-order valence-corrected chi connectivity index (χ2v) is 8.35. The lowest BCUT2D eigenvalue weighted by Gasteiger charge is -2.38. The van der Waals surface area contributed by atoms with Gasteiger partial charge in [-0.25, -0.2) is 15.0 Å². The lowest BCUT2D eigenvalue weighted by Crippen LogP contribution is -2.43. The number of nitrogens with one attached hydrogen (secondary N) is 1. The molecule has 1 amide bonds. The zero-order chi connectivity index (χ0) is 21.7. The van der Waals surface area contributed by atoms with E-state index in [2.05, 4.69) is 27.2 Å². The Labute approximate surface area is 172 Å². The van der Waals surface area contributed by atoms with Gasteiger partial charge >= 0.3 is 5.92 Å². The van der Waals surface area contributed by atoms with Gasteiger partial charge in [-0.1, -0.05) is 6.92 Å². The minimum Gasteiger partial charge on any atom is -0.380 e. The van der Waals surface area contributed by atoms with Gasteiger partial charge in [0.05, 0.1) is 30.6 Å². The normalized spacial score (nSPS) is 15.8. The summed E-state index contributed by atoms with van der Waals surface area (Å²) in [6.07, 6.45) is 3.57. The Morgan fingerprint density at radius 2 is 2.07 bits per heavy atom. The van der Waals surface area contributed by atoms with E-state index >= 15 is 0 Å². The standard InChI is InChI=1S/C21H23F2N5O2/c1-12-5-16(27-19(25-12)21(4,22)23)15-8-28(9-20(3)10-30-11-20)17-7-24-18(6-14(15)17)26-13(2)29/h5-8H,9-11H2,1-4H3,(H,24,26,29). The van der Waals surface area contributed by atoms with Crippen molar-refractivity contribution in [2.75, 3.05) is 18.5 Å². The molecule has 0 spiro atoms. The van der Waals surface area contributed by atoms with E-state index in [0.717, 1.165) is 17.8 Å². The predicted molar refractivity (Wildman–Crippen MR) is 108 cm³/mol. The molecule has 1 aliphatic heterocycles. The van der Waals surface area contributed by atoms with Crippen LogP contribution in [-0.4, -0.2) is 38.6 Å². The molecular weight excluding hydrogens is 392 g/mol. The van der Waals surface area contributed by atoms with Gasteiger partial charge in [-0.15, -0.1) is 0 Å². The fourth-order valence-corrected chi connectivity index (χ4v) is 3.63. The van der Waals surface area contributed by atoms with E-state index in [4.69, 9.17) is 4.74 Å². The van der Waals surface area contributed by atoms with Crippen molar-refractivity contribution in [2.24, 2.45) is 5.41 Å². The van der Waals surface area contributed by atoms with E-state index < -0.39 is 11.7 Å². The summed E-state index contributed by atoms with van der Waals surface area (Å²) in [7, 11) is 0. The second kappa shape index (κ2) is 7.09. The van der Waals surface area contributed by atoms with Crippen LogP contribution in [0.1, 0.15) is 32.3 Å². The highest BCUT2D eigenvalue weighted by Crippen LogP contribution is 2.36. The number of halogens is 2. The van der Waals surface area contributed by atoms with Crippen molar-refractivity contribution in [3.63, 3.8) is 0 Å². The molecule has 3 aromatic heterocycles. The molecule has 4 rings (SSSR count). The molecule has 0 saturated carbocycles. The Hall–Kier alpha value is -2.94. The molecule has 1 N–H and O–H groups in total. The summed E-state index contributed by atoms with van der Waals surface area (Å²) in [4.78, 5) is 23.9. The van der Waals surface area contributed by atoms with E-state index in [1.807, 2.05) is 10.8 Å². The average molecular weight is 415 g/mol. The summed E-state index contributed by atoms with van der Waals surface area (Å²) in [6.45, 7) is 7.97. The summed E-state index contributed by atoms with van der Waals surface area (Å²) in [5, 5.41) is 3.44. The number of ether oxygens (including phenoxy) is 1.